The van der Waals surface area contributed by atoms with Crippen LogP contribution in [0.4, 0.5) is 0 Å². The van der Waals surface area contributed by atoms with E-state index in [4.69, 9.17) is 23.9 Å². The van der Waals surface area contributed by atoms with Gasteiger partial charge in [0.15, 0.2) is 0 Å². The summed E-state index contributed by atoms with van der Waals surface area (Å²) >= 11 is 0. The molecule has 1 aromatic heterocycles. The molecule has 1 aliphatic heterocycles. The fourth-order valence-electron chi connectivity index (χ4n) is 3.61. The average Bonchev–Trinajstić information content (AvgIpc) is 3.05. The zero-order valence-corrected chi connectivity index (χ0v) is 16.1. The lowest BCUT2D eigenvalue weighted by molar-refractivity contribution is 0.332. The molecule has 4 rings (SSSR count). The van der Waals surface area contributed by atoms with Gasteiger partial charge in [0.25, 0.3) is 0 Å². The van der Waals surface area contributed by atoms with E-state index in [9.17, 15) is 0 Å². The van der Waals surface area contributed by atoms with Crippen LogP contribution in [0, 0.1) is 5.92 Å². The number of aliphatic imine (C=N–C) groups is 2. The Morgan fingerprint density at radius 2 is 1.67 bits per heavy atom. The van der Waals surface area contributed by atoms with Gasteiger partial charge < -0.3 is 13.9 Å². The van der Waals surface area contributed by atoms with Crippen LogP contribution in [0.25, 0.3) is 21.9 Å². The van der Waals surface area contributed by atoms with E-state index in [-0.39, 0.29) is 12.1 Å². The lowest BCUT2D eigenvalue weighted by atomic mass is 10.00. The molecule has 2 aromatic carbocycles. The molecule has 0 unspecified atom stereocenters. The number of nitrogens with zero attached hydrogens (tertiary/aromatic N) is 2. The Balaban J connectivity index is 1.67. The van der Waals surface area contributed by atoms with Gasteiger partial charge in [0, 0.05) is 17.2 Å². The maximum Gasteiger partial charge on any atom is 0.209 e. The van der Waals surface area contributed by atoms with Crippen molar-refractivity contribution in [2.45, 2.75) is 32.4 Å². The summed E-state index contributed by atoms with van der Waals surface area (Å²) in [7, 11) is 3.30. The highest BCUT2D eigenvalue weighted by Gasteiger charge is 2.31. The van der Waals surface area contributed by atoms with Crippen molar-refractivity contribution in [2.24, 2.45) is 15.9 Å². The van der Waals surface area contributed by atoms with Crippen LogP contribution in [0.5, 0.6) is 0 Å². The van der Waals surface area contributed by atoms with Crippen molar-refractivity contribution in [1.82, 2.24) is 0 Å². The van der Waals surface area contributed by atoms with E-state index in [0.29, 0.717) is 24.1 Å². The molecule has 0 bridgehead atoms. The molecule has 5 heteroatoms. The molecular formula is C22H24N2O3. The second-order valence-electron chi connectivity index (χ2n) is 7.18. The summed E-state index contributed by atoms with van der Waals surface area (Å²) < 4.78 is 17.1. The molecule has 0 fully saturated rings. The predicted molar refractivity (Wildman–Crippen MR) is 109 cm³/mol. The van der Waals surface area contributed by atoms with E-state index >= 15 is 0 Å². The van der Waals surface area contributed by atoms with Crippen LogP contribution in [0.15, 0.2) is 56.9 Å². The van der Waals surface area contributed by atoms with E-state index in [1.54, 1.807) is 14.2 Å². The van der Waals surface area contributed by atoms with Gasteiger partial charge in [-0.3, -0.25) is 0 Å². The Morgan fingerprint density at radius 1 is 0.926 bits per heavy atom. The van der Waals surface area contributed by atoms with Crippen LogP contribution in [0.3, 0.4) is 0 Å². The maximum atomic E-state index is 6.00. The van der Waals surface area contributed by atoms with Gasteiger partial charge >= 0.3 is 0 Å². The summed E-state index contributed by atoms with van der Waals surface area (Å²) in [5, 5.41) is 2.26. The van der Waals surface area contributed by atoms with Crippen molar-refractivity contribution in [3.8, 4) is 0 Å². The van der Waals surface area contributed by atoms with Crippen molar-refractivity contribution < 1.29 is 13.9 Å². The standard InChI is InChI=1S/C22H24N2O3/c1-13(2)20-22(26-4)23-17(21(24-20)25-3)11-14-9-10-16-15-7-5-6-8-18(15)27-19(16)12-14/h5-10,12-13,17,20H,11H2,1-4H3/t17-,20+/m0/s1. The molecule has 0 saturated carbocycles. The average molecular weight is 364 g/mol. The molecule has 3 aromatic rings. The Morgan fingerprint density at radius 3 is 2.41 bits per heavy atom. The molecule has 1 aliphatic rings. The number of ether oxygens (including phenoxy) is 2. The third kappa shape index (κ3) is 3.18. The first kappa shape index (κ1) is 17.6. The summed E-state index contributed by atoms with van der Waals surface area (Å²) in [4.78, 5) is 9.52. The Hall–Kier alpha value is -2.82. The van der Waals surface area contributed by atoms with Gasteiger partial charge in [-0.2, -0.15) is 0 Å². The van der Waals surface area contributed by atoms with Gasteiger partial charge in [0.05, 0.1) is 14.2 Å². The Labute approximate surface area is 158 Å². The van der Waals surface area contributed by atoms with Crippen molar-refractivity contribution in [3.63, 3.8) is 0 Å². The minimum Gasteiger partial charge on any atom is -0.483 e. The molecular weight excluding hydrogens is 340 g/mol. The van der Waals surface area contributed by atoms with Gasteiger partial charge in [0.1, 0.15) is 23.2 Å². The molecule has 0 amide bonds. The number of para-hydroxylation sites is 1. The number of rotatable bonds is 3. The monoisotopic (exact) mass is 364 g/mol. The molecule has 5 nitrogen and oxygen atoms in total. The van der Waals surface area contributed by atoms with Gasteiger partial charge in [-0.15, -0.1) is 0 Å². The summed E-state index contributed by atoms with van der Waals surface area (Å²) in [5.41, 5.74) is 2.91. The van der Waals surface area contributed by atoms with E-state index in [2.05, 4.69) is 38.1 Å². The highest BCUT2D eigenvalue weighted by Crippen LogP contribution is 2.30. The van der Waals surface area contributed by atoms with E-state index < -0.39 is 0 Å². The fourth-order valence-corrected chi connectivity index (χ4v) is 3.61. The van der Waals surface area contributed by atoms with Crippen molar-refractivity contribution in [2.75, 3.05) is 14.2 Å². The lowest BCUT2D eigenvalue weighted by Gasteiger charge is -2.27. The third-order valence-electron chi connectivity index (χ3n) is 5.01. The van der Waals surface area contributed by atoms with Crippen LogP contribution in [-0.2, 0) is 15.9 Å². The SMILES string of the molecule is COC1=N[C@H](C(C)C)C(OC)=N[C@H]1Cc1ccc2c(c1)oc1ccccc12. The molecule has 0 N–H and O–H groups in total. The predicted octanol–water partition coefficient (Wildman–Crippen LogP) is 4.63. The minimum absolute atomic E-state index is 0.0981. The number of benzene rings is 2. The number of hydrogen-bond acceptors (Lipinski definition) is 5. The second kappa shape index (κ2) is 7.06. The van der Waals surface area contributed by atoms with Gasteiger partial charge in [-0.05, 0) is 23.6 Å². The quantitative estimate of drug-likeness (QED) is 0.681. The first-order valence-corrected chi connectivity index (χ1v) is 9.24. The van der Waals surface area contributed by atoms with E-state index in [0.717, 1.165) is 27.5 Å². The summed E-state index contributed by atoms with van der Waals surface area (Å²) in [6.07, 6.45) is 0.678. The molecule has 2 heterocycles. The van der Waals surface area contributed by atoms with E-state index in [1.807, 2.05) is 18.2 Å². The van der Waals surface area contributed by atoms with Crippen molar-refractivity contribution in [3.05, 3.63) is 48.0 Å². The number of hydrogen-bond donors (Lipinski definition) is 0. The molecule has 0 radical (unpaired) electrons. The second-order valence-corrected chi connectivity index (χ2v) is 7.18. The zero-order chi connectivity index (χ0) is 19.0. The zero-order valence-electron chi connectivity index (χ0n) is 16.1. The molecule has 0 aliphatic carbocycles. The van der Waals surface area contributed by atoms with Crippen LogP contribution in [0.2, 0.25) is 0 Å². The largest absolute Gasteiger partial charge is 0.483 e. The summed E-state index contributed by atoms with van der Waals surface area (Å²) in [6, 6.07) is 14.1. The smallest absolute Gasteiger partial charge is 0.209 e. The highest BCUT2D eigenvalue weighted by atomic mass is 16.5. The van der Waals surface area contributed by atoms with Crippen LogP contribution in [0.1, 0.15) is 19.4 Å². The Kier molecular flexibility index (Phi) is 4.60. The van der Waals surface area contributed by atoms with Crippen LogP contribution < -0.4 is 0 Å². The number of methoxy groups -OCH3 is 2. The molecule has 0 spiro atoms. The van der Waals surface area contributed by atoms with Gasteiger partial charge in [-0.1, -0.05) is 44.2 Å². The van der Waals surface area contributed by atoms with Gasteiger partial charge in [-0.25, -0.2) is 9.98 Å². The normalized spacial score (nSPS) is 20.0. The summed E-state index contributed by atoms with van der Waals surface area (Å²) in [6.45, 7) is 4.21. The third-order valence-corrected chi connectivity index (χ3v) is 5.01. The fraction of sp³-hybridized carbons (Fsp3) is 0.364. The number of fused-ring (bicyclic) bond motifs is 3. The van der Waals surface area contributed by atoms with Crippen molar-refractivity contribution >= 4 is 33.7 Å². The maximum absolute atomic E-state index is 6.00. The molecule has 140 valence electrons. The van der Waals surface area contributed by atoms with E-state index in [1.165, 1.54) is 0 Å². The molecule has 0 saturated heterocycles. The Bertz CT molecular complexity index is 1030. The number of furan rings is 1. The van der Waals surface area contributed by atoms with Gasteiger partial charge in [0.2, 0.25) is 11.8 Å². The topological polar surface area (TPSA) is 56.3 Å². The highest BCUT2D eigenvalue weighted by molar-refractivity contribution is 6.05. The van der Waals surface area contributed by atoms with Crippen LogP contribution in [-0.4, -0.2) is 38.1 Å². The minimum atomic E-state index is -0.193. The first-order chi connectivity index (χ1) is 13.1. The first-order valence-electron chi connectivity index (χ1n) is 9.24. The molecule has 2 atom stereocenters. The molecule has 27 heavy (non-hydrogen) atoms. The summed E-state index contributed by atoms with van der Waals surface area (Å²) in [5.74, 6) is 1.61. The van der Waals surface area contributed by atoms with Crippen LogP contribution >= 0.6 is 0 Å². The lowest BCUT2D eigenvalue weighted by Crippen LogP contribution is -2.38. The van der Waals surface area contributed by atoms with Crippen molar-refractivity contribution in [1.29, 1.82) is 0 Å².